The number of aryl methyl sites for hydroxylation is 2. The Hall–Kier alpha value is -3.23. The van der Waals surface area contributed by atoms with Crippen LogP contribution in [0.4, 0.5) is 5.69 Å². The largest absolute Gasteiger partial charge is 0.369 e. The lowest BCUT2D eigenvalue weighted by Gasteiger charge is -2.36. The SMILES string of the molecule is Cc1cc(-c2cc3c(-c4cnn([C@@H]5CCN(C)C5)c4)c[nH]c3nn2)cc(C)c1N1CCN(C)CC1. The van der Waals surface area contributed by atoms with Crippen LogP contribution in [0.1, 0.15) is 23.6 Å². The summed E-state index contributed by atoms with van der Waals surface area (Å²) in [6.45, 7) is 11.0. The van der Waals surface area contributed by atoms with E-state index >= 15 is 0 Å². The van der Waals surface area contributed by atoms with E-state index in [2.05, 4.69) is 86.9 Å². The summed E-state index contributed by atoms with van der Waals surface area (Å²) in [7, 11) is 4.37. The number of hydrogen-bond donors (Lipinski definition) is 1. The number of H-pyrrole nitrogens is 1. The van der Waals surface area contributed by atoms with Crippen molar-refractivity contribution in [3.05, 3.63) is 47.9 Å². The average Bonchev–Trinajstić information content (AvgIpc) is 3.58. The van der Waals surface area contributed by atoms with Gasteiger partial charge < -0.3 is 19.7 Å². The fraction of sp³-hybridized carbons (Fsp3) is 0.444. The number of aromatic amines is 1. The fourth-order valence-electron chi connectivity index (χ4n) is 5.74. The van der Waals surface area contributed by atoms with Gasteiger partial charge in [0.25, 0.3) is 0 Å². The monoisotopic (exact) mass is 470 g/mol. The summed E-state index contributed by atoms with van der Waals surface area (Å²) < 4.78 is 2.12. The van der Waals surface area contributed by atoms with E-state index < -0.39 is 0 Å². The van der Waals surface area contributed by atoms with Crippen molar-refractivity contribution in [1.29, 1.82) is 0 Å². The summed E-state index contributed by atoms with van der Waals surface area (Å²) in [5.74, 6) is 0. The first-order valence-corrected chi connectivity index (χ1v) is 12.6. The topological polar surface area (TPSA) is 69.1 Å². The lowest BCUT2D eigenvalue weighted by molar-refractivity contribution is 0.312. The Kier molecular flexibility index (Phi) is 5.57. The van der Waals surface area contributed by atoms with Crippen LogP contribution in [0, 0.1) is 13.8 Å². The number of nitrogens with zero attached hydrogens (tertiary/aromatic N) is 7. The molecular formula is C27H34N8. The molecule has 0 saturated carbocycles. The van der Waals surface area contributed by atoms with Gasteiger partial charge in [-0.2, -0.15) is 5.10 Å². The minimum absolute atomic E-state index is 0.444. The molecule has 0 unspecified atom stereocenters. The maximum Gasteiger partial charge on any atom is 0.160 e. The Bertz CT molecular complexity index is 1340. The molecule has 0 radical (unpaired) electrons. The second-order valence-corrected chi connectivity index (χ2v) is 10.4. The zero-order chi connectivity index (χ0) is 24.1. The molecule has 0 amide bonds. The smallest absolute Gasteiger partial charge is 0.160 e. The summed E-state index contributed by atoms with van der Waals surface area (Å²) in [6, 6.07) is 7.13. The summed E-state index contributed by atoms with van der Waals surface area (Å²) in [4.78, 5) is 10.6. The number of hydrogen-bond acceptors (Lipinski definition) is 6. The van der Waals surface area contributed by atoms with Crippen molar-refractivity contribution < 1.29 is 0 Å². The van der Waals surface area contributed by atoms with Crippen LogP contribution in [0.15, 0.2) is 36.8 Å². The maximum absolute atomic E-state index is 4.69. The van der Waals surface area contributed by atoms with Crippen LogP contribution < -0.4 is 4.90 Å². The number of nitrogens with one attached hydrogen (secondary N) is 1. The first-order valence-electron chi connectivity index (χ1n) is 12.6. The highest BCUT2D eigenvalue weighted by atomic mass is 15.3. The Balaban J connectivity index is 1.32. The molecule has 182 valence electrons. The van der Waals surface area contributed by atoms with E-state index in [1.165, 1.54) is 16.8 Å². The quantitative estimate of drug-likeness (QED) is 0.490. The molecule has 1 N–H and O–H groups in total. The number of rotatable bonds is 4. The molecule has 4 aromatic rings. The Morgan fingerprint density at radius 2 is 1.66 bits per heavy atom. The van der Waals surface area contributed by atoms with E-state index in [1.54, 1.807) is 0 Å². The molecule has 1 aromatic carbocycles. The van der Waals surface area contributed by atoms with Gasteiger partial charge >= 0.3 is 0 Å². The number of benzene rings is 1. The predicted molar refractivity (Wildman–Crippen MR) is 141 cm³/mol. The van der Waals surface area contributed by atoms with Gasteiger partial charge in [0.05, 0.1) is 17.9 Å². The standard InChI is InChI=1S/C27H34N8/c1-18-11-20(12-19(2)26(18)34-9-7-32(3)8-10-34)25-13-23-24(15-28-27(23)31-30-25)21-14-29-35(16-21)22-5-6-33(4)17-22/h11-16,22H,5-10,17H2,1-4H3,(H,28,31)/t22-/m1/s1. The summed E-state index contributed by atoms with van der Waals surface area (Å²) in [6.07, 6.45) is 7.31. The van der Waals surface area contributed by atoms with E-state index in [0.29, 0.717) is 6.04 Å². The Morgan fingerprint density at radius 1 is 0.886 bits per heavy atom. The third-order valence-corrected chi connectivity index (χ3v) is 7.70. The average molecular weight is 471 g/mol. The zero-order valence-electron chi connectivity index (χ0n) is 21.1. The third kappa shape index (κ3) is 4.10. The van der Waals surface area contributed by atoms with Crippen molar-refractivity contribution in [3.63, 3.8) is 0 Å². The molecule has 0 bridgehead atoms. The van der Waals surface area contributed by atoms with E-state index in [9.17, 15) is 0 Å². The molecule has 2 saturated heterocycles. The molecule has 2 aliphatic rings. The van der Waals surface area contributed by atoms with Crippen LogP contribution in [0.2, 0.25) is 0 Å². The normalized spacial score (nSPS) is 19.8. The van der Waals surface area contributed by atoms with Crippen LogP contribution >= 0.6 is 0 Å². The minimum atomic E-state index is 0.444. The fourth-order valence-corrected chi connectivity index (χ4v) is 5.74. The highest BCUT2D eigenvalue weighted by molar-refractivity contribution is 5.95. The first-order chi connectivity index (χ1) is 17.0. The van der Waals surface area contributed by atoms with Gasteiger partial charge in [-0.3, -0.25) is 4.68 Å². The molecule has 35 heavy (non-hydrogen) atoms. The second kappa shape index (κ2) is 8.77. The summed E-state index contributed by atoms with van der Waals surface area (Å²) in [5.41, 5.74) is 9.01. The molecule has 2 aliphatic heterocycles. The summed E-state index contributed by atoms with van der Waals surface area (Å²) >= 11 is 0. The number of likely N-dealkylation sites (tertiary alicyclic amines) is 1. The van der Waals surface area contributed by atoms with E-state index in [4.69, 9.17) is 5.10 Å². The van der Waals surface area contributed by atoms with Gasteiger partial charge in [-0.05, 0) is 70.2 Å². The first kappa shape index (κ1) is 22.2. The van der Waals surface area contributed by atoms with Crippen LogP contribution in [0.25, 0.3) is 33.4 Å². The second-order valence-electron chi connectivity index (χ2n) is 10.4. The summed E-state index contributed by atoms with van der Waals surface area (Å²) in [5, 5.41) is 14.9. The van der Waals surface area contributed by atoms with Crippen molar-refractivity contribution >= 4 is 16.7 Å². The predicted octanol–water partition coefficient (Wildman–Crippen LogP) is 3.73. The number of fused-ring (bicyclic) bond motifs is 1. The third-order valence-electron chi connectivity index (χ3n) is 7.70. The van der Waals surface area contributed by atoms with Gasteiger partial charge in [-0.25, -0.2) is 0 Å². The van der Waals surface area contributed by atoms with Crippen molar-refractivity contribution in [2.45, 2.75) is 26.3 Å². The number of aromatic nitrogens is 5. The molecule has 8 heteroatoms. The number of anilines is 1. The molecule has 5 heterocycles. The van der Waals surface area contributed by atoms with E-state index in [-0.39, 0.29) is 0 Å². The Morgan fingerprint density at radius 3 is 2.37 bits per heavy atom. The van der Waals surface area contributed by atoms with Crippen molar-refractivity contribution in [2.24, 2.45) is 0 Å². The van der Waals surface area contributed by atoms with Gasteiger partial charge in [0, 0.05) is 72.9 Å². The van der Waals surface area contributed by atoms with Crippen LogP contribution in [0.5, 0.6) is 0 Å². The van der Waals surface area contributed by atoms with Crippen molar-refractivity contribution in [2.75, 3.05) is 58.3 Å². The zero-order valence-corrected chi connectivity index (χ0v) is 21.1. The van der Waals surface area contributed by atoms with Crippen LogP contribution in [0.3, 0.4) is 0 Å². The highest BCUT2D eigenvalue weighted by Crippen LogP contribution is 2.34. The van der Waals surface area contributed by atoms with E-state index in [0.717, 1.165) is 79.1 Å². The van der Waals surface area contributed by atoms with Gasteiger partial charge in [-0.15, -0.1) is 10.2 Å². The Labute approximate surface area is 206 Å². The minimum Gasteiger partial charge on any atom is -0.369 e. The van der Waals surface area contributed by atoms with Gasteiger partial charge in [0.2, 0.25) is 0 Å². The lowest BCUT2D eigenvalue weighted by atomic mass is 10.00. The van der Waals surface area contributed by atoms with Crippen molar-refractivity contribution in [1.82, 2.24) is 34.8 Å². The van der Waals surface area contributed by atoms with Crippen LogP contribution in [-0.4, -0.2) is 88.1 Å². The van der Waals surface area contributed by atoms with Crippen molar-refractivity contribution in [3.8, 4) is 22.4 Å². The molecule has 8 nitrogen and oxygen atoms in total. The molecule has 2 fully saturated rings. The molecular weight excluding hydrogens is 436 g/mol. The van der Waals surface area contributed by atoms with E-state index in [1.807, 2.05) is 12.4 Å². The number of likely N-dealkylation sites (N-methyl/N-ethyl adjacent to an activating group) is 2. The van der Waals surface area contributed by atoms with Crippen LogP contribution in [-0.2, 0) is 0 Å². The molecule has 0 aliphatic carbocycles. The molecule has 6 rings (SSSR count). The van der Waals surface area contributed by atoms with Gasteiger partial charge in [0.1, 0.15) is 0 Å². The molecule has 0 spiro atoms. The molecule has 3 aromatic heterocycles. The van der Waals surface area contributed by atoms with Gasteiger partial charge in [-0.1, -0.05) is 0 Å². The molecule has 1 atom stereocenters. The number of piperazine rings is 1. The maximum atomic E-state index is 4.69. The van der Waals surface area contributed by atoms with Gasteiger partial charge in [0.15, 0.2) is 5.65 Å². The highest BCUT2D eigenvalue weighted by Gasteiger charge is 2.23. The lowest BCUT2D eigenvalue weighted by Crippen LogP contribution is -2.45.